The monoisotopic (exact) mass is 675 g/mol. The van der Waals surface area contributed by atoms with Gasteiger partial charge in [-0.15, -0.1) is 0 Å². The predicted molar refractivity (Wildman–Crippen MR) is 142 cm³/mol. The number of nitrogen functional groups attached to an aromatic ring is 1. The second-order valence-corrected chi connectivity index (χ2v) is 12.9. The van der Waals surface area contributed by atoms with Crippen molar-refractivity contribution in [3.05, 3.63) is 39.7 Å². The van der Waals surface area contributed by atoms with Crippen molar-refractivity contribution in [3.63, 3.8) is 0 Å². The van der Waals surface area contributed by atoms with Gasteiger partial charge in [-0.05, 0) is 0 Å². The summed E-state index contributed by atoms with van der Waals surface area (Å²) < 4.78 is 60.6. The molecule has 0 amide bonds. The maximum Gasteiger partial charge on any atom is 0.472 e. The average Bonchev–Trinajstić information content (AvgIpc) is 3.72. The molecular weight excluding hydrogens is 652 g/mol. The fraction of sp³-hybridized carbons (Fsp3) is 0.500. The number of hydrogen-bond acceptors (Lipinski definition) is 17. The summed E-state index contributed by atoms with van der Waals surface area (Å²) in [6, 6.07) is 0. The van der Waals surface area contributed by atoms with Gasteiger partial charge in [-0.1, -0.05) is 0 Å². The molecule has 45 heavy (non-hydrogen) atoms. The van der Waals surface area contributed by atoms with Gasteiger partial charge in [-0.2, -0.15) is 4.98 Å². The first-order valence-electron chi connectivity index (χ1n) is 12.9. The zero-order valence-corrected chi connectivity index (χ0v) is 24.1. The van der Waals surface area contributed by atoms with Gasteiger partial charge in [0, 0.05) is 0 Å². The number of nitrogens with two attached hydrogens (primary N) is 1. The van der Waals surface area contributed by atoms with E-state index in [1.807, 2.05) is 0 Å². The molecule has 23 nitrogen and oxygen atoms in total. The van der Waals surface area contributed by atoms with Crippen LogP contribution in [-0.2, 0) is 36.7 Å². The molecule has 4 aromatic rings. The summed E-state index contributed by atoms with van der Waals surface area (Å²) in [5.74, 6) is -0.275. The van der Waals surface area contributed by atoms with Crippen LogP contribution in [0.1, 0.15) is 12.5 Å². The Kier molecular flexibility index (Phi) is 7.27. The molecule has 7 rings (SSSR count). The van der Waals surface area contributed by atoms with Crippen molar-refractivity contribution in [2.24, 2.45) is 0 Å². The molecule has 4 aromatic heterocycles. The fourth-order valence-electron chi connectivity index (χ4n) is 5.31. The molecule has 10 atom stereocenters. The van der Waals surface area contributed by atoms with Crippen LogP contribution in [0.15, 0.2) is 28.6 Å². The Morgan fingerprint density at radius 1 is 0.822 bits per heavy atom. The van der Waals surface area contributed by atoms with Crippen LogP contribution in [0.25, 0.3) is 22.3 Å². The number of H-pyrrole nitrogens is 2. The highest BCUT2D eigenvalue weighted by Gasteiger charge is 2.54. The number of anilines is 1. The molecule has 0 radical (unpaired) electrons. The molecule has 0 aliphatic carbocycles. The third kappa shape index (κ3) is 5.31. The molecule has 3 saturated heterocycles. The maximum absolute atomic E-state index is 13.1. The number of ether oxygens (including phenoxy) is 2. The van der Waals surface area contributed by atoms with Gasteiger partial charge in [0.05, 0.1) is 32.2 Å². The Balaban J connectivity index is 1.17. The summed E-state index contributed by atoms with van der Waals surface area (Å²) in [4.78, 5) is 65.9. The van der Waals surface area contributed by atoms with E-state index in [1.165, 1.54) is 0 Å². The highest BCUT2D eigenvalue weighted by Crippen LogP contribution is 2.53. The van der Waals surface area contributed by atoms with E-state index in [9.17, 15) is 38.7 Å². The minimum Gasteiger partial charge on any atom is -0.386 e. The number of imidazole rings is 2. The number of nitrogens with zero attached hydrogens (tertiary/aromatic N) is 6. The van der Waals surface area contributed by atoms with Crippen molar-refractivity contribution in [1.82, 2.24) is 39.0 Å². The lowest BCUT2D eigenvalue weighted by Gasteiger charge is -2.27. The highest BCUT2D eigenvalue weighted by atomic mass is 31.2. The number of aromatic nitrogens is 8. The maximum atomic E-state index is 13.1. The Labute approximate surface area is 247 Å². The van der Waals surface area contributed by atoms with Crippen molar-refractivity contribution >= 4 is 43.9 Å². The van der Waals surface area contributed by atoms with Gasteiger partial charge in [-0.25, -0.2) is 24.1 Å². The van der Waals surface area contributed by atoms with Crippen LogP contribution < -0.4 is 16.9 Å². The smallest absolute Gasteiger partial charge is 0.386 e. The molecule has 4 unspecified atom stereocenters. The van der Waals surface area contributed by atoms with Gasteiger partial charge in [-0.3, -0.25) is 41.8 Å². The quantitative estimate of drug-likeness (QED) is 0.107. The fourth-order valence-corrected chi connectivity index (χ4v) is 7.24. The van der Waals surface area contributed by atoms with Crippen molar-refractivity contribution in [3.8, 4) is 0 Å². The van der Waals surface area contributed by atoms with E-state index in [-0.39, 0.29) is 28.3 Å². The molecule has 3 fully saturated rings. The molecule has 3 aliphatic rings. The van der Waals surface area contributed by atoms with Gasteiger partial charge >= 0.3 is 15.6 Å². The molecule has 8 N–H and O–H groups in total. The topological polar surface area (TPSA) is 324 Å². The second-order valence-electron chi connectivity index (χ2n) is 10.1. The van der Waals surface area contributed by atoms with Gasteiger partial charge in [0.2, 0.25) is 5.95 Å². The first-order chi connectivity index (χ1) is 21.3. The first kappa shape index (κ1) is 30.2. The Morgan fingerprint density at radius 3 is 1.89 bits per heavy atom. The van der Waals surface area contributed by atoms with E-state index in [0.29, 0.717) is 0 Å². The molecular formula is C20H23N9O14P2. The van der Waals surface area contributed by atoms with Crippen LogP contribution in [0.3, 0.4) is 0 Å². The summed E-state index contributed by atoms with van der Waals surface area (Å²) in [7, 11) is -10.1. The van der Waals surface area contributed by atoms with Gasteiger partial charge < -0.3 is 40.2 Å². The number of hydrogen-bond donors (Lipinski definition) is 7. The van der Waals surface area contributed by atoms with Gasteiger partial charge in [0.25, 0.3) is 11.1 Å². The molecule has 25 heteroatoms. The number of phosphoric ester groups is 2. The number of fused-ring (bicyclic) bond motifs is 4. The molecule has 7 heterocycles. The summed E-state index contributed by atoms with van der Waals surface area (Å²) in [6.45, 7) is -1.70. The molecule has 242 valence electrons. The summed E-state index contributed by atoms with van der Waals surface area (Å²) in [5, 5.41) is 22.2. The van der Waals surface area contributed by atoms with E-state index in [2.05, 4.69) is 29.9 Å². The van der Waals surface area contributed by atoms with E-state index in [0.717, 1.165) is 28.1 Å². The van der Waals surface area contributed by atoms with Crippen LogP contribution in [0.4, 0.5) is 5.95 Å². The molecule has 0 saturated carbocycles. The highest BCUT2D eigenvalue weighted by molar-refractivity contribution is 7.47. The largest absolute Gasteiger partial charge is 0.472 e. The Hall–Kier alpha value is -3.44. The van der Waals surface area contributed by atoms with Crippen LogP contribution >= 0.6 is 15.6 Å². The van der Waals surface area contributed by atoms with Crippen LogP contribution in [0, 0.1) is 0 Å². The van der Waals surface area contributed by atoms with E-state index >= 15 is 0 Å². The minimum absolute atomic E-state index is 0.0118. The number of nitrogens with one attached hydrogen (secondary N) is 2. The van der Waals surface area contributed by atoms with Crippen molar-refractivity contribution < 1.29 is 56.7 Å². The SMILES string of the molecule is Nc1nc2c(ncn2[C@@H]2O[C@H]3COP(=O)(O)OC4[C@H](COP(=O)(O)OC3[C@@H]2O)O[C@@H](n2cnc3c(=O)[nH]cnc32)[C@H]4O)c(=O)[nH]1. The van der Waals surface area contributed by atoms with Crippen LogP contribution in [0.5, 0.6) is 0 Å². The Bertz CT molecular complexity index is 2000. The zero-order chi connectivity index (χ0) is 31.8. The lowest BCUT2D eigenvalue weighted by molar-refractivity contribution is -0.0664. The number of rotatable bonds is 2. The normalized spacial score (nSPS) is 37.7. The lowest BCUT2D eigenvalue weighted by atomic mass is 10.1. The standard InChI is InChI=1S/C20H23N9O14P2/c21-20-26-15-9(17(33)27-20)25-5-29(15)19-11(31)13-7(41-19)2-39-44(34,35)42-12-6(1-38-45(36,37)43-13)40-18(10(12)30)28-4-24-8-14(28)22-3-23-16(8)32/h3-7,10-13,18-19,30-31H,1-2H2,(H,34,35)(H,36,37)(H,22,23,32)(H3,21,26,27,33)/t6-,7-,10-,11-,12?,13?,18+,19+/m0/s1. The minimum atomic E-state index is -5.08. The van der Waals surface area contributed by atoms with Crippen LogP contribution in [0.2, 0.25) is 0 Å². The van der Waals surface area contributed by atoms with Gasteiger partial charge in [0.1, 0.15) is 36.6 Å². The molecule has 0 spiro atoms. The zero-order valence-electron chi connectivity index (χ0n) is 22.3. The van der Waals surface area contributed by atoms with E-state index in [1.54, 1.807) is 0 Å². The summed E-state index contributed by atoms with van der Waals surface area (Å²) in [5.41, 5.74) is 3.96. The van der Waals surface area contributed by atoms with Crippen molar-refractivity contribution in [2.75, 3.05) is 18.9 Å². The Morgan fingerprint density at radius 2 is 1.33 bits per heavy atom. The predicted octanol–water partition coefficient (Wildman–Crippen LogP) is -2.63. The average molecular weight is 675 g/mol. The summed E-state index contributed by atoms with van der Waals surface area (Å²) in [6.07, 6.45) is -9.53. The molecule has 0 aromatic carbocycles. The van der Waals surface area contributed by atoms with E-state index < -0.39 is 89.1 Å². The number of aromatic amines is 2. The number of phosphoric acid groups is 2. The number of aliphatic hydroxyl groups is 2. The molecule has 0 bridgehead atoms. The third-order valence-corrected chi connectivity index (χ3v) is 9.27. The second kappa shape index (κ2) is 10.8. The third-order valence-electron chi connectivity index (χ3n) is 7.30. The lowest BCUT2D eigenvalue weighted by Crippen LogP contribution is -2.39. The number of aliphatic hydroxyl groups excluding tert-OH is 2. The first-order valence-corrected chi connectivity index (χ1v) is 15.9. The van der Waals surface area contributed by atoms with Crippen molar-refractivity contribution in [2.45, 2.75) is 49.1 Å². The summed E-state index contributed by atoms with van der Waals surface area (Å²) >= 11 is 0. The van der Waals surface area contributed by atoms with Gasteiger partial charge in [0.15, 0.2) is 34.8 Å². The van der Waals surface area contributed by atoms with Crippen LogP contribution in [-0.4, -0.2) is 109 Å². The van der Waals surface area contributed by atoms with Crippen molar-refractivity contribution in [1.29, 1.82) is 0 Å². The molecule has 3 aliphatic heterocycles. The van der Waals surface area contributed by atoms with E-state index in [4.69, 9.17) is 33.3 Å².